The summed E-state index contributed by atoms with van der Waals surface area (Å²) in [4.78, 5) is 0.274. The van der Waals surface area contributed by atoms with Crippen LogP contribution in [0, 0.1) is 30.6 Å². The zero-order valence-corrected chi connectivity index (χ0v) is 15.2. The lowest BCUT2D eigenvalue weighted by Crippen LogP contribution is -2.48. The zero-order valence-electron chi connectivity index (χ0n) is 14.4. The Hall–Kier alpha value is -1.69. The van der Waals surface area contributed by atoms with Crippen LogP contribution in [0.5, 0.6) is 5.88 Å². The van der Waals surface area contributed by atoms with Gasteiger partial charge >= 0.3 is 0 Å². The molecular weight excluding hydrogens is 336 g/mol. The third kappa shape index (κ3) is 2.23. The Balaban J connectivity index is 1.54. The number of hydrogen-bond donors (Lipinski definition) is 1. The maximum atomic E-state index is 13.0. The molecule has 4 aliphatic rings. The summed E-state index contributed by atoms with van der Waals surface area (Å²) in [5, 5.41) is 10.3. The third-order valence-corrected chi connectivity index (χ3v) is 8.34. The van der Waals surface area contributed by atoms with E-state index in [1.165, 1.54) is 42.4 Å². The van der Waals surface area contributed by atoms with E-state index in [2.05, 4.69) is 0 Å². The van der Waals surface area contributed by atoms with Gasteiger partial charge in [-0.3, -0.25) is 0 Å². The average molecular weight is 360 g/mol. The Morgan fingerprint density at radius 2 is 1.52 bits per heavy atom. The largest absolute Gasteiger partial charge is 0.492 e. The van der Waals surface area contributed by atoms with Gasteiger partial charge in [-0.2, -0.15) is 12.5 Å². The quantitative estimate of drug-likeness (QED) is 0.910. The topological polar surface area (TPSA) is 64.2 Å². The maximum absolute atomic E-state index is 13.0. The van der Waals surface area contributed by atoms with Gasteiger partial charge < -0.3 is 5.11 Å². The molecule has 0 unspecified atom stereocenters. The minimum Gasteiger partial charge on any atom is -0.492 e. The maximum Gasteiger partial charge on any atom is 0.281 e. The van der Waals surface area contributed by atoms with E-state index >= 15 is 0 Å². The van der Waals surface area contributed by atoms with E-state index in [4.69, 9.17) is 0 Å². The summed E-state index contributed by atoms with van der Waals surface area (Å²) in [7, 11) is -3.66. The fourth-order valence-electron chi connectivity index (χ4n) is 5.85. The molecule has 0 aliphatic heterocycles. The van der Waals surface area contributed by atoms with Crippen molar-refractivity contribution in [2.45, 2.75) is 50.0 Å². The molecule has 25 heavy (non-hydrogen) atoms. The van der Waals surface area contributed by atoms with Crippen molar-refractivity contribution in [2.24, 2.45) is 23.7 Å². The van der Waals surface area contributed by atoms with Crippen LogP contribution in [0.1, 0.15) is 43.7 Å². The molecule has 4 fully saturated rings. The Bertz CT molecular complexity index is 879. The van der Waals surface area contributed by atoms with Gasteiger partial charge in [0.15, 0.2) is 0 Å². The molecule has 1 aromatic carbocycles. The predicted molar refractivity (Wildman–Crippen MR) is 93.9 cm³/mol. The van der Waals surface area contributed by atoms with Crippen molar-refractivity contribution in [3.63, 3.8) is 0 Å². The Morgan fingerprint density at radius 3 is 2.04 bits per heavy atom. The molecular formula is C19H24N2O3S. The first-order valence-corrected chi connectivity index (χ1v) is 10.7. The van der Waals surface area contributed by atoms with E-state index in [-0.39, 0.29) is 16.8 Å². The van der Waals surface area contributed by atoms with Crippen LogP contribution in [0.25, 0.3) is 0 Å². The number of aromatic hydroxyl groups is 1. The highest BCUT2D eigenvalue weighted by Gasteiger charge is 2.50. The molecule has 1 heterocycles. The van der Waals surface area contributed by atoms with Crippen LogP contribution in [0.2, 0.25) is 0 Å². The second-order valence-corrected chi connectivity index (χ2v) is 10.1. The molecule has 4 aliphatic carbocycles. The SMILES string of the molecule is Cc1ccc(S(=O)(=O)n2cc(O)n2C2C3CC4CC(C3)CC2C4)cc1. The first-order chi connectivity index (χ1) is 11.9. The minimum absolute atomic E-state index is 0.0909. The molecule has 2 aromatic rings. The third-order valence-electron chi connectivity index (χ3n) is 6.70. The molecule has 6 rings (SSSR count). The van der Waals surface area contributed by atoms with Crippen molar-refractivity contribution < 1.29 is 13.5 Å². The summed E-state index contributed by atoms with van der Waals surface area (Å²) >= 11 is 0. The second-order valence-electron chi connectivity index (χ2n) is 8.34. The molecule has 134 valence electrons. The molecule has 0 amide bonds. The number of nitrogens with zero attached hydrogens (tertiary/aromatic N) is 2. The van der Waals surface area contributed by atoms with Crippen LogP contribution >= 0.6 is 0 Å². The highest BCUT2D eigenvalue weighted by Crippen LogP contribution is 2.59. The second kappa shape index (κ2) is 5.16. The van der Waals surface area contributed by atoms with Gasteiger partial charge in [0.1, 0.15) is 6.20 Å². The van der Waals surface area contributed by atoms with E-state index in [0.717, 1.165) is 17.4 Å². The van der Waals surface area contributed by atoms with Crippen molar-refractivity contribution in [3.05, 3.63) is 36.0 Å². The van der Waals surface area contributed by atoms with Gasteiger partial charge in [-0.15, -0.1) is 0 Å². The Labute approximate surface area is 148 Å². The number of benzene rings is 1. The van der Waals surface area contributed by atoms with Crippen LogP contribution in [0.3, 0.4) is 0 Å². The highest BCUT2D eigenvalue weighted by molar-refractivity contribution is 7.89. The van der Waals surface area contributed by atoms with Crippen LogP contribution in [-0.4, -0.2) is 22.3 Å². The van der Waals surface area contributed by atoms with Crippen LogP contribution in [-0.2, 0) is 10.0 Å². The fourth-order valence-corrected chi connectivity index (χ4v) is 7.20. The molecule has 4 saturated carbocycles. The van der Waals surface area contributed by atoms with Gasteiger partial charge in [0, 0.05) is 0 Å². The Morgan fingerprint density at radius 1 is 0.960 bits per heavy atom. The molecule has 0 saturated heterocycles. The number of rotatable bonds is 3. The molecule has 1 aromatic heterocycles. The van der Waals surface area contributed by atoms with Crippen LogP contribution in [0.15, 0.2) is 35.4 Å². The lowest BCUT2D eigenvalue weighted by Gasteiger charge is -2.55. The molecule has 5 nitrogen and oxygen atoms in total. The highest BCUT2D eigenvalue weighted by atomic mass is 32.2. The monoisotopic (exact) mass is 360 g/mol. The zero-order chi connectivity index (χ0) is 17.3. The van der Waals surface area contributed by atoms with E-state index in [1.54, 1.807) is 16.8 Å². The summed E-state index contributed by atoms with van der Waals surface area (Å²) < 4.78 is 29.0. The number of hydrogen-bond acceptors (Lipinski definition) is 3. The van der Waals surface area contributed by atoms with Gasteiger partial charge in [-0.25, -0.2) is 4.68 Å². The Kier molecular flexibility index (Phi) is 3.21. The normalized spacial score (nSPS) is 33.9. The van der Waals surface area contributed by atoms with Crippen molar-refractivity contribution in [1.29, 1.82) is 0 Å². The summed E-state index contributed by atoms with van der Waals surface area (Å²) in [6.07, 6.45) is 7.42. The number of aryl methyl sites for hydroxylation is 1. The van der Waals surface area contributed by atoms with Crippen molar-refractivity contribution in [2.75, 3.05) is 0 Å². The van der Waals surface area contributed by atoms with Crippen molar-refractivity contribution >= 4 is 10.0 Å². The van der Waals surface area contributed by atoms with E-state index in [0.29, 0.717) is 11.8 Å². The van der Waals surface area contributed by atoms with Crippen molar-refractivity contribution in [3.8, 4) is 5.88 Å². The lowest BCUT2D eigenvalue weighted by atomic mass is 9.54. The average Bonchev–Trinajstić information content (AvgIpc) is 2.55. The van der Waals surface area contributed by atoms with Crippen LogP contribution in [0.4, 0.5) is 0 Å². The van der Waals surface area contributed by atoms with E-state index in [9.17, 15) is 13.5 Å². The molecule has 4 bridgehead atoms. The van der Waals surface area contributed by atoms with Crippen molar-refractivity contribution in [1.82, 2.24) is 8.77 Å². The number of aromatic nitrogens is 2. The standard InChI is InChI=1S/C19H24N2O3S/c1-12-2-4-17(5-3-12)25(23,24)20-11-18(22)21(20)19-15-7-13-6-14(9-15)10-16(19)8-13/h2-5,11,13-16,19,22H,6-10H2,1H3. The molecule has 6 heteroatoms. The predicted octanol–water partition coefficient (Wildman–Crippen LogP) is 3.54. The minimum atomic E-state index is -3.66. The van der Waals surface area contributed by atoms with Crippen LogP contribution < -0.4 is 0 Å². The van der Waals surface area contributed by atoms with Gasteiger partial charge in [0.25, 0.3) is 10.0 Å². The molecule has 1 N–H and O–H groups in total. The first-order valence-electron chi connectivity index (χ1n) is 9.24. The van der Waals surface area contributed by atoms with E-state index < -0.39 is 10.0 Å². The van der Waals surface area contributed by atoms with Gasteiger partial charge in [0.05, 0.1) is 10.9 Å². The summed E-state index contributed by atoms with van der Waals surface area (Å²) in [5.74, 6) is 2.72. The van der Waals surface area contributed by atoms with Gasteiger partial charge in [-0.1, -0.05) is 17.7 Å². The summed E-state index contributed by atoms with van der Waals surface area (Å²) in [5.41, 5.74) is 1.03. The molecule has 0 atom stereocenters. The van der Waals surface area contributed by atoms with Gasteiger partial charge in [0.2, 0.25) is 5.88 Å². The summed E-state index contributed by atoms with van der Waals surface area (Å²) in [6.45, 7) is 1.94. The fraction of sp³-hybridized carbons (Fsp3) is 0.579. The molecule has 0 radical (unpaired) electrons. The summed E-state index contributed by atoms with van der Waals surface area (Å²) in [6, 6.07) is 7.02. The van der Waals surface area contributed by atoms with E-state index in [1.807, 2.05) is 19.1 Å². The van der Waals surface area contributed by atoms with Gasteiger partial charge in [-0.05, 0) is 74.8 Å². The molecule has 0 spiro atoms. The lowest BCUT2D eigenvalue weighted by molar-refractivity contribution is -0.0410. The first kappa shape index (κ1) is 15.6. The smallest absolute Gasteiger partial charge is 0.281 e.